The van der Waals surface area contributed by atoms with E-state index in [0.29, 0.717) is 23.6 Å². The molecular weight excluding hydrogens is 312 g/mol. The predicted molar refractivity (Wildman–Crippen MR) is 95.7 cm³/mol. The van der Waals surface area contributed by atoms with Gasteiger partial charge in [-0.1, -0.05) is 0 Å². The second-order valence-electron chi connectivity index (χ2n) is 6.47. The molecule has 1 aliphatic rings. The van der Waals surface area contributed by atoms with Crippen LogP contribution in [0.25, 0.3) is 0 Å². The van der Waals surface area contributed by atoms with Crippen LogP contribution < -0.4 is 5.32 Å². The maximum Gasteiger partial charge on any atom is 0.251 e. The van der Waals surface area contributed by atoms with Crippen molar-refractivity contribution >= 4 is 5.91 Å². The van der Waals surface area contributed by atoms with Crippen LogP contribution >= 0.6 is 0 Å². The number of benzene rings is 1. The lowest BCUT2D eigenvalue weighted by atomic mass is 9.96. The van der Waals surface area contributed by atoms with E-state index >= 15 is 0 Å². The number of hydrogen-bond acceptors (Lipinski definition) is 4. The number of aromatic nitrogens is 1. The summed E-state index contributed by atoms with van der Waals surface area (Å²) in [7, 11) is 0. The van der Waals surface area contributed by atoms with Crippen LogP contribution in [0.1, 0.15) is 34.3 Å². The number of pyridine rings is 1. The molecule has 1 fully saturated rings. The lowest BCUT2D eigenvalue weighted by molar-refractivity contribution is 0.0935. The van der Waals surface area contributed by atoms with Gasteiger partial charge < -0.3 is 5.32 Å². The molecule has 2 aromatic rings. The first kappa shape index (κ1) is 17.1. The van der Waals surface area contributed by atoms with E-state index in [9.17, 15) is 4.79 Å². The standard InChI is InChI=1S/C20H22N4O/c21-13-16-1-3-19(4-2-16)20(25)23-14-17-7-11-24(12-8-17)15-18-5-9-22-10-6-18/h1-6,9-10,17H,7-8,11-12,14-15H2,(H,23,25). The average Bonchev–Trinajstić information content (AvgIpc) is 2.68. The number of hydrogen-bond donors (Lipinski definition) is 1. The van der Waals surface area contributed by atoms with Gasteiger partial charge in [-0.25, -0.2) is 0 Å². The van der Waals surface area contributed by atoms with Crippen LogP contribution in [0.4, 0.5) is 0 Å². The molecule has 1 amide bonds. The van der Waals surface area contributed by atoms with Gasteiger partial charge in [-0.05, 0) is 73.8 Å². The Balaban J connectivity index is 1.41. The first-order chi connectivity index (χ1) is 12.2. The summed E-state index contributed by atoms with van der Waals surface area (Å²) in [6.45, 7) is 3.79. The maximum atomic E-state index is 12.2. The van der Waals surface area contributed by atoms with Gasteiger partial charge >= 0.3 is 0 Å². The summed E-state index contributed by atoms with van der Waals surface area (Å²) < 4.78 is 0. The van der Waals surface area contributed by atoms with Crippen molar-refractivity contribution in [2.45, 2.75) is 19.4 Å². The molecule has 3 rings (SSSR count). The minimum Gasteiger partial charge on any atom is -0.352 e. The molecule has 0 saturated carbocycles. The third kappa shape index (κ3) is 4.88. The van der Waals surface area contributed by atoms with Crippen LogP contribution in [0.5, 0.6) is 0 Å². The molecular formula is C20H22N4O. The Hall–Kier alpha value is -2.71. The summed E-state index contributed by atoms with van der Waals surface area (Å²) >= 11 is 0. The fraction of sp³-hybridized carbons (Fsp3) is 0.350. The summed E-state index contributed by atoms with van der Waals surface area (Å²) in [4.78, 5) is 18.7. The van der Waals surface area contributed by atoms with E-state index in [-0.39, 0.29) is 5.91 Å². The van der Waals surface area contributed by atoms with Gasteiger partial charge in [-0.2, -0.15) is 5.26 Å². The average molecular weight is 334 g/mol. The molecule has 0 unspecified atom stereocenters. The van der Waals surface area contributed by atoms with Gasteiger partial charge in [0.15, 0.2) is 0 Å². The van der Waals surface area contributed by atoms with Gasteiger partial charge in [-0.3, -0.25) is 14.7 Å². The Kier molecular flexibility index (Phi) is 5.76. The number of amides is 1. The molecule has 5 heteroatoms. The van der Waals surface area contributed by atoms with Crippen molar-refractivity contribution in [2.24, 2.45) is 5.92 Å². The van der Waals surface area contributed by atoms with E-state index in [0.717, 1.165) is 32.5 Å². The molecule has 1 aromatic carbocycles. The van der Waals surface area contributed by atoms with Gasteiger partial charge in [0.25, 0.3) is 5.91 Å². The van der Waals surface area contributed by atoms with Crippen molar-refractivity contribution in [3.05, 3.63) is 65.5 Å². The summed E-state index contributed by atoms with van der Waals surface area (Å²) in [5.41, 5.74) is 2.47. The first-order valence-corrected chi connectivity index (χ1v) is 8.64. The topological polar surface area (TPSA) is 69.0 Å². The molecule has 0 bridgehead atoms. The van der Waals surface area contributed by atoms with E-state index in [4.69, 9.17) is 5.26 Å². The molecule has 0 spiro atoms. The van der Waals surface area contributed by atoms with Crippen molar-refractivity contribution < 1.29 is 4.79 Å². The summed E-state index contributed by atoms with van der Waals surface area (Å²) in [6.07, 6.45) is 5.86. The molecule has 0 radical (unpaired) electrons. The quantitative estimate of drug-likeness (QED) is 0.912. The number of nitrogens with one attached hydrogen (secondary N) is 1. The maximum absolute atomic E-state index is 12.2. The zero-order chi connectivity index (χ0) is 17.5. The largest absolute Gasteiger partial charge is 0.352 e. The SMILES string of the molecule is N#Cc1ccc(C(=O)NCC2CCN(Cc3ccncc3)CC2)cc1. The first-order valence-electron chi connectivity index (χ1n) is 8.64. The second-order valence-corrected chi connectivity index (χ2v) is 6.47. The van der Waals surface area contributed by atoms with Crippen molar-refractivity contribution in [3.63, 3.8) is 0 Å². The van der Waals surface area contributed by atoms with E-state index in [1.54, 1.807) is 24.3 Å². The summed E-state index contributed by atoms with van der Waals surface area (Å²) in [5.74, 6) is 0.458. The van der Waals surface area contributed by atoms with Crippen LogP contribution in [0.2, 0.25) is 0 Å². The Morgan fingerprint density at radius 1 is 1.16 bits per heavy atom. The molecule has 25 heavy (non-hydrogen) atoms. The Labute approximate surface area is 148 Å². The van der Waals surface area contributed by atoms with Gasteiger partial charge in [0.2, 0.25) is 0 Å². The molecule has 1 N–H and O–H groups in total. The number of carbonyl (C=O) groups is 1. The number of piperidine rings is 1. The van der Waals surface area contributed by atoms with Gasteiger partial charge in [-0.15, -0.1) is 0 Å². The van der Waals surface area contributed by atoms with Crippen LogP contribution in [-0.4, -0.2) is 35.4 Å². The van der Waals surface area contributed by atoms with Crippen molar-refractivity contribution in [3.8, 4) is 6.07 Å². The number of rotatable bonds is 5. The highest BCUT2D eigenvalue weighted by Gasteiger charge is 2.20. The van der Waals surface area contributed by atoms with Crippen LogP contribution in [0.3, 0.4) is 0 Å². The fourth-order valence-corrected chi connectivity index (χ4v) is 3.13. The van der Waals surface area contributed by atoms with E-state index in [1.165, 1.54) is 5.56 Å². The highest BCUT2D eigenvalue weighted by atomic mass is 16.1. The van der Waals surface area contributed by atoms with Crippen LogP contribution in [0, 0.1) is 17.2 Å². The number of carbonyl (C=O) groups excluding carboxylic acids is 1. The summed E-state index contributed by atoms with van der Waals surface area (Å²) in [6, 6.07) is 12.9. The Bertz CT molecular complexity index is 729. The van der Waals surface area contributed by atoms with Crippen molar-refractivity contribution in [1.82, 2.24) is 15.2 Å². The molecule has 128 valence electrons. The Morgan fingerprint density at radius 3 is 2.48 bits per heavy atom. The van der Waals surface area contributed by atoms with Crippen LogP contribution in [-0.2, 0) is 6.54 Å². The predicted octanol–water partition coefficient (Wildman–Crippen LogP) is 2.60. The number of nitriles is 1. The van der Waals surface area contributed by atoms with E-state index in [2.05, 4.69) is 33.4 Å². The normalized spacial score (nSPS) is 15.5. The highest BCUT2D eigenvalue weighted by Crippen LogP contribution is 2.18. The lowest BCUT2D eigenvalue weighted by Gasteiger charge is -2.32. The molecule has 2 heterocycles. The van der Waals surface area contributed by atoms with Gasteiger partial charge in [0, 0.05) is 31.0 Å². The van der Waals surface area contributed by atoms with Gasteiger partial charge in [0.1, 0.15) is 0 Å². The third-order valence-corrected chi connectivity index (χ3v) is 4.69. The minimum atomic E-state index is -0.0660. The van der Waals surface area contributed by atoms with E-state index in [1.807, 2.05) is 12.4 Å². The highest BCUT2D eigenvalue weighted by molar-refractivity contribution is 5.94. The molecule has 1 saturated heterocycles. The fourth-order valence-electron chi connectivity index (χ4n) is 3.13. The smallest absolute Gasteiger partial charge is 0.251 e. The molecule has 5 nitrogen and oxygen atoms in total. The molecule has 0 aliphatic carbocycles. The second kappa shape index (κ2) is 8.41. The van der Waals surface area contributed by atoms with Crippen molar-refractivity contribution in [1.29, 1.82) is 5.26 Å². The zero-order valence-electron chi connectivity index (χ0n) is 14.2. The van der Waals surface area contributed by atoms with E-state index < -0.39 is 0 Å². The minimum absolute atomic E-state index is 0.0660. The lowest BCUT2D eigenvalue weighted by Crippen LogP contribution is -2.38. The monoisotopic (exact) mass is 334 g/mol. The molecule has 0 atom stereocenters. The molecule has 1 aromatic heterocycles. The zero-order valence-corrected chi connectivity index (χ0v) is 14.2. The number of likely N-dealkylation sites (tertiary alicyclic amines) is 1. The Morgan fingerprint density at radius 2 is 1.84 bits per heavy atom. The summed E-state index contributed by atoms with van der Waals surface area (Å²) in [5, 5.41) is 11.8. The van der Waals surface area contributed by atoms with Crippen LogP contribution in [0.15, 0.2) is 48.8 Å². The van der Waals surface area contributed by atoms with Crippen molar-refractivity contribution in [2.75, 3.05) is 19.6 Å². The van der Waals surface area contributed by atoms with Gasteiger partial charge in [0.05, 0.1) is 11.6 Å². The third-order valence-electron chi connectivity index (χ3n) is 4.69. The molecule has 1 aliphatic heterocycles. The number of nitrogens with zero attached hydrogens (tertiary/aromatic N) is 3.